The van der Waals surface area contributed by atoms with Crippen LogP contribution in [0.2, 0.25) is 0 Å². The Morgan fingerprint density at radius 1 is 0.493 bits per heavy atom. The van der Waals surface area contributed by atoms with E-state index in [-0.39, 0.29) is 62.2 Å². The van der Waals surface area contributed by atoms with E-state index in [0.717, 1.165) is 38.9 Å². The fourth-order valence-electron chi connectivity index (χ4n) is 5.48. The molecule has 0 aromatic heterocycles. The molecule has 16 nitrogen and oxygen atoms in total. The van der Waals surface area contributed by atoms with Crippen LogP contribution in [0.3, 0.4) is 0 Å². The van der Waals surface area contributed by atoms with E-state index < -0.39 is 35.3 Å². The van der Waals surface area contributed by atoms with Crippen LogP contribution in [0.1, 0.15) is 114 Å². The highest BCUT2D eigenvalue weighted by Gasteiger charge is 2.08. The molecule has 4 aromatic rings. The molecule has 0 bridgehead atoms. The summed E-state index contributed by atoms with van der Waals surface area (Å²) in [6.07, 6.45) is -0.311. The smallest absolute Gasteiger partial charge is 0.307 e. The highest BCUT2D eigenvalue weighted by atomic mass is 35.5. The Bertz CT molecular complexity index is 2180. The Balaban J connectivity index is 0.000000909. The minimum absolute atomic E-state index is 0. The van der Waals surface area contributed by atoms with Crippen molar-refractivity contribution in [1.29, 1.82) is 0 Å². The van der Waals surface area contributed by atoms with Gasteiger partial charge in [-0.05, 0) is 72.2 Å². The van der Waals surface area contributed by atoms with E-state index in [1.807, 2.05) is 88.4 Å². The van der Waals surface area contributed by atoms with Crippen LogP contribution >= 0.6 is 12.4 Å². The van der Waals surface area contributed by atoms with Gasteiger partial charge in [0, 0.05) is 36.4 Å². The number of carbonyl (C=O) groups excluding carboxylic acids is 2. The van der Waals surface area contributed by atoms with Crippen molar-refractivity contribution in [2.24, 2.45) is 21.5 Å². The van der Waals surface area contributed by atoms with Crippen LogP contribution in [-0.2, 0) is 80.5 Å². The molecule has 2 amide bonds. The monoisotopic (exact) mass is 977 g/mol. The van der Waals surface area contributed by atoms with Gasteiger partial charge in [0.05, 0.1) is 38.8 Å². The first kappa shape index (κ1) is 62.5. The van der Waals surface area contributed by atoms with Crippen LogP contribution in [0.15, 0.2) is 107 Å². The average molecular weight is 978 g/mol. The zero-order chi connectivity index (χ0) is 51.5. The number of nitrogens with one attached hydrogen (secondary N) is 2. The van der Waals surface area contributed by atoms with Gasteiger partial charge in [0.15, 0.2) is 0 Å². The fraction of sp³-hybridized carbons (Fsp3) is 0.423. The summed E-state index contributed by atoms with van der Waals surface area (Å²) in [6.45, 7) is 20.0. The molecule has 0 fully saturated rings. The van der Waals surface area contributed by atoms with Crippen molar-refractivity contribution >= 4 is 48.3 Å². The zero-order valence-corrected chi connectivity index (χ0v) is 42.5. The Kier molecular flexibility index (Phi) is 29.3. The number of nitrogens with zero attached hydrogens (tertiary/aromatic N) is 2. The van der Waals surface area contributed by atoms with Gasteiger partial charge < -0.3 is 52.0 Å². The highest BCUT2D eigenvalue weighted by Crippen LogP contribution is 2.11. The van der Waals surface area contributed by atoms with Gasteiger partial charge in [-0.2, -0.15) is 0 Å². The van der Waals surface area contributed by atoms with Crippen molar-refractivity contribution in [3.8, 4) is 0 Å². The number of carbonyl (C=O) groups is 4. The average Bonchev–Trinajstić information content (AvgIpc) is 3.22. The first-order chi connectivity index (χ1) is 31.7. The van der Waals surface area contributed by atoms with E-state index in [1.165, 1.54) is 0 Å². The van der Waals surface area contributed by atoms with Gasteiger partial charge in [-0.15, -0.1) is 12.4 Å². The van der Waals surface area contributed by atoms with Gasteiger partial charge >= 0.3 is 11.9 Å². The number of benzene rings is 4. The number of hydrogen-bond acceptors (Lipinski definition) is 12. The Labute approximate surface area is 414 Å². The van der Waals surface area contributed by atoms with Crippen LogP contribution in [0, 0.1) is 0 Å². The SMILES string of the molecule is CC(C)(C)OC([O-])=NCc1ccc(CC(=O)O)cc1.CC(C)NC(=O)Cc1ccc(CN)cc1.CC(C)NC(=O)Cc1ccc(CN=C([O-])OC(C)(C)C)cc1.Cl.NCc1ccc(CC(=O)O)cc1. The third kappa shape index (κ3) is 32.8. The van der Waals surface area contributed by atoms with E-state index in [4.69, 9.17) is 31.2 Å². The second-order valence-electron chi connectivity index (χ2n) is 18.2. The van der Waals surface area contributed by atoms with E-state index in [1.54, 1.807) is 77.9 Å². The van der Waals surface area contributed by atoms with Gasteiger partial charge in [0.25, 0.3) is 0 Å². The lowest BCUT2D eigenvalue weighted by Gasteiger charge is -2.29. The van der Waals surface area contributed by atoms with Crippen molar-refractivity contribution in [2.75, 3.05) is 0 Å². The largest absolute Gasteiger partial charge is 0.595 e. The van der Waals surface area contributed by atoms with Crippen molar-refractivity contribution in [2.45, 2.75) is 144 Å². The molecule has 0 saturated heterocycles. The Morgan fingerprint density at radius 3 is 0.942 bits per heavy atom. The second-order valence-corrected chi connectivity index (χ2v) is 18.2. The van der Waals surface area contributed by atoms with Crippen molar-refractivity contribution in [1.82, 2.24) is 10.6 Å². The summed E-state index contributed by atoms with van der Waals surface area (Å²) >= 11 is 0. The second kappa shape index (κ2) is 32.3. The van der Waals surface area contributed by atoms with Crippen molar-refractivity contribution < 1.29 is 49.1 Å². The van der Waals surface area contributed by atoms with E-state index >= 15 is 0 Å². The predicted molar refractivity (Wildman–Crippen MR) is 269 cm³/mol. The molecule has 4 rings (SSSR count). The highest BCUT2D eigenvalue weighted by molar-refractivity contribution is 5.85. The molecule has 4 aromatic carbocycles. The summed E-state index contributed by atoms with van der Waals surface area (Å²) in [4.78, 5) is 51.6. The maximum absolute atomic E-state index is 11.7. The first-order valence-electron chi connectivity index (χ1n) is 22.3. The number of carboxylic acids is 2. The molecule has 0 unspecified atom stereocenters. The molecule has 0 aliphatic rings. The maximum atomic E-state index is 11.7. The van der Waals surface area contributed by atoms with Crippen LogP contribution < -0.4 is 32.3 Å². The molecular formula is C52H73ClN6O10-2. The first-order valence-corrected chi connectivity index (χ1v) is 22.3. The number of nitrogens with two attached hydrogens (primary N) is 2. The predicted octanol–water partition coefficient (Wildman–Crippen LogP) is 5.54. The van der Waals surface area contributed by atoms with Crippen LogP contribution in [-0.4, -0.2) is 69.4 Å². The maximum Gasteiger partial charge on any atom is 0.307 e. The minimum atomic E-state index is -0.869. The molecule has 17 heteroatoms. The Morgan fingerprint density at radius 2 is 0.725 bits per heavy atom. The number of ether oxygens (including phenoxy) is 2. The lowest BCUT2D eigenvalue weighted by atomic mass is 10.1. The summed E-state index contributed by atoms with van der Waals surface area (Å²) in [5.74, 6) is -1.62. The molecule has 0 atom stereocenters. The van der Waals surface area contributed by atoms with Gasteiger partial charge in [0.2, 0.25) is 11.8 Å². The van der Waals surface area contributed by atoms with Crippen molar-refractivity contribution in [3.05, 3.63) is 142 Å². The van der Waals surface area contributed by atoms with E-state index in [0.29, 0.717) is 31.5 Å². The summed E-state index contributed by atoms with van der Waals surface area (Å²) in [6, 6.07) is 29.8. The molecule has 0 aliphatic carbocycles. The van der Waals surface area contributed by atoms with Crippen LogP contribution in [0.25, 0.3) is 0 Å². The minimum Gasteiger partial charge on any atom is -0.595 e. The van der Waals surface area contributed by atoms with Crippen LogP contribution in [0.5, 0.6) is 0 Å². The van der Waals surface area contributed by atoms with Gasteiger partial charge in [-0.3, -0.25) is 29.2 Å². The van der Waals surface area contributed by atoms with E-state index in [2.05, 4.69) is 20.6 Å². The molecule has 0 spiro atoms. The third-order valence-corrected chi connectivity index (χ3v) is 8.47. The van der Waals surface area contributed by atoms with Crippen molar-refractivity contribution in [3.63, 3.8) is 0 Å². The molecule has 0 saturated carbocycles. The summed E-state index contributed by atoms with van der Waals surface area (Å²) in [5, 5.41) is 45.7. The molecule has 69 heavy (non-hydrogen) atoms. The molecule has 380 valence electrons. The zero-order valence-electron chi connectivity index (χ0n) is 41.7. The summed E-state index contributed by atoms with van der Waals surface area (Å²) in [5.41, 5.74) is 17.1. The summed E-state index contributed by atoms with van der Waals surface area (Å²) < 4.78 is 10.2. The molecule has 8 N–H and O–H groups in total. The lowest BCUT2D eigenvalue weighted by molar-refractivity contribution is -0.261. The molecule has 0 radical (unpaired) electrons. The molecular weight excluding hydrogens is 904 g/mol. The number of amides is 2. The fourth-order valence-corrected chi connectivity index (χ4v) is 5.48. The number of aliphatic imine (C=N–C) groups is 2. The normalized spacial score (nSPS) is 11.3. The number of hydrogen-bond donors (Lipinski definition) is 6. The standard InChI is InChI=1S/C17H26N2O3.C14H19NO4.C12H18N2O.C9H11NO2.ClH/c1-12(2)19-15(20)10-13-6-8-14(9-7-13)11-18-16(21)22-17(3,4)5;1-14(2,3)19-13(18)15-9-11-6-4-10(5-7-11)8-12(16)17;1-9(2)14-12(15)7-10-3-5-11(8-13)6-4-10;10-6-8-3-1-7(2-4-8)5-9(11)12;/h6-9,12H,10-11H2,1-5H3,(H,18,21)(H,19,20);4-7H,8-9H2,1-3H3,(H,15,18)(H,16,17);3-6,9H,7-8,13H2,1-2H3,(H,14,15);1-4H,5-6,10H2,(H,11,12);1H/p-2. The lowest BCUT2D eigenvalue weighted by Crippen LogP contribution is -2.31. The number of carboxylic acid groups (broad SMARTS) is 2. The molecule has 0 aliphatic heterocycles. The topological polar surface area (TPSA) is 274 Å². The van der Waals surface area contributed by atoms with Gasteiger partial charge in [0.1, 0.15) is 12.2 Å². The van der Waals surface area contributed by atoms with Gasteiger partial charge in [-0.25, -0.2) is 0 Å². The number of aliphatic carboxylic acids is 2. The molecule has 0 heterocycles. The van der Waals surface area contributed by atoms with Gasteiger partial charge in [-0.1, -0.05) is 139 Å². The third-order valence-electron chi connectivity index (χ3n) is 8.47. The number of rotatable bonds is 16. The van der Waals surface area contributed by atoms with Crippen LogP contribution in [0.4, 0.5) is 0 Å². The quantitative estimate of drug-likeness (QED) is 0.0597. The summed E-state index contributed by atoms with van der Waals surface area (Å²) in [7, 11) is 0. The number of halogens is 1. The Hall–Kier alpha value is -6.49. The van der Waals surface area contributed by atoms with E-state index in [9.17, 15) is 29.4 Å².